The SMILES string of the molecule is CCCCNC(=O)C(C)N(CCc1ccccc1)C(=O)CN(c1ccc2c(c1)OCCO2)S(C)(=O)=O. The van der Waals surface area contributed by atoms with Crippen LogP contribution in [-0.2, 0) is 26.0 Å². The van der Waals surface area contributed by atoms with Crippen LogP contribution in [0.3, 0.4) is 0 Å². The Bertz CT molecular complexity index is 1140. The molecule has 196 valence electrons. The summed E-state index contributed by atoms with van der Waals surface area (Å²) in [7, 11) is -3.81. The van der Waals surface area contributed by atoms with Crippen molar-refractivity contribution in [3.63, 3.8) is 0 Å². The van der Waals surface area contributed by atoms with Crippen LogP contribution in [0.1, 0.15) is 32.3 Å². The molecule has 9 nitrogen and oxygen atoms in total. The lowest BCUT2D eigenvalue weighted by Crippen LogP contribution is -2.52. The third kappa shape index (κ3) is 7.36. The summed E-state index contributed by atoms with van der Waals surface area (Å²) in [5.41, 5.74) is 1.30. The first-order valence-corrected chi connectivity index (χ1v) is 14.0. The van der Waals surface area contributed by atoms with Crippen LogP contribution in [0.25, 0.3) is 0 Å². The summed E-state index contributed by atoms with van der Waals surface area (Å²) in [6.45, 7) is 4.81. The summed E-state index contributed by atoms with van der Waals surface area (Å²) < 4.78 is 37.6. The minimum atomic E-state index is -3.81. The number of carbonyl (C=O) groups is 2. The third-order valence-corrected chi connectivity index (χ3v) is 7.11. The molecule has 1 unspecified atom stereocenters. The maximum absolute atomic E-state index is 13.5. The average molecular weight is 518 g/mol. The Labute approximate surface area is 213 Å². The Morgan fingerprint density at radius 1 is 1.06 bits per heavy atom. The highest BCUT2D eigenvalue weighted by atomic mass is 32.2. The zero-order valence-electron chi connectivity index (χ0n) is 21.1. The molecule has 1 aliphatic rings. The van der Waals surface area contributed by atoms with Gasteiger partial charge in [0, 0.05) is 19.2 Å². The second-order valence-electron chi connectivity index (χ2n) is 8.74. The lowest BCUT2D eigenvalue weighted by molar-refractivity contribution is -0.138. The van der Waals surface area contributed by atoms with E-state index in [1.54, 1.807) is 25.1 Å². The minimum absolute atomic E-state index is 0.268. The average Bonchev–Trinajstić information content (AvgIpc) is 2.87. The Hall–Kier alpha value is -3.27. The van der Waals surface area contributed by atoms with Gasteiger partial charge < -0.3 is 19.7 Å². The molecule has 1 aliphatic heterocycles. The predicted molar refractivity (Wildman–Crippen MR) is 139 cm³/mol. The molecule has 0 aliphatic carbocycles. The number of amides is 2. The van der Waals surface area contributed by atoms with Gasteiger partial charge in [-0.3, -0.25) is 13.9 Å². The van der Waals surface area contributed by atoms with Gasteiger partial charge in [0.15, 0.2) is 11.5 Å². The first-order chi connectivity index (χ1) is 17.2. The first-order valence-electron chi connectivity index (χ1n) is 12.2. The number of hydrogen-bond donors (Lipinski definition) is 1. The summed E-state index contributed by atoms with van der Waals surface area (Å²) in [4.78, 5) is 27.8. The number of ether oxygens (including phenoxy) is 2. The second kappa shape index (κ2) is 12.6. The van der Waals surface area contributed by atoms with Gasteiger partial charge in [-0.1, -0.05) is 43.7 Å². The summed E-state index contributed by atoms with van der Waals surface area (Å²) >= 11 is 0. The van der Waals surface area contributed by atoms with Gasteiger partial charge in [-0.15, -0.1) is 0 Å². The highest BCUT2D eigenvalue weighted by Crippen LogP contribution is 2.34. The molecule has 1 atom stereocenters. The molecule has 36 heavy (non-hydrogen) atoms. The van der Waals surface area contributed by atoms with E-state index in [0.29, 0.717) is 37.7 Å². The predicted octanol–water partition coefficient (Wildman–Crippen LogP) is 2.60. The molecular formula is C26H35N3O6S. The van der Waals surface area contributed by atoms with E-state index in [4.69, 9.17) is 9.47 Å². The fourth-order valence-corrected chi connectivity index (χ4v) is 4.75. The number of benzene rings is 2. The molecule has 2 amide bonds. The number of sulfonamides is 1. The monoisotopic (exact) mass is 517 g/mol. The van der Waals surface area contributed by atoms with Crippen molar-refractivity contribution in [3.8, 4) is 11.5 Å². The van der Waals surface area contributed by atoms with Crippen molar-refractivity contribution in [1.82, 2.24) is 10.2 Å². The van der Waals surface area contributed by atoms with E-state index < -0.39 is 28.5 Å². The normalized spacial score (nSPS) is 13.5. The highest BCUT2D eigenvalue weighted by molar-refractivity contribution is 7.92. The number of nitrogens with zero attached hydrogens (tertiary/aromatic N) is 2. The quantitative estimate of drug-likeness (QED) is 0.434. The number of nitrogens with one attached hydrogen (secondary N) is 1. The van der Waals surface area contributed by atoms with Crippen LogP contribution in [-0.4, -0.2) is 70.3 Å². The van der Waals surface area contributed by atoms with Crippen LogP contribution in [0.2, 0.25) is 0 Å². The molecule has 2 aromatic rings. The van der Waals surface area contributed by atoms with Crippen molar-refractivity contribution in [2.75, 3.05) is 43.4 Å². The number of rotatable bonds is 12. The summed E-state index contributed by atoms with van der Waals surface area (Å²) in [5, 5.41) is 2.87. The minimum Gasteiger partial charge on any atom is -0.486 e. The number of unbranched alkanes of at least 4 members (excludes halogenated alkanes) is 1. The van der Waals surface area contributed by atoms with Crippen molar-refractivity contribution in [1.29, 1.82) is 0 Å². The Balaban J connectivity index is 1.83. The number of carbonyl (C=O) groups excluding carboxylic acids is 2. The zero-order chi connectivity index (χ0) is 26.1. The molecule has 0 aromatic heterocycles. The van der Waals surface area contributed by atoms with Crippen molar-refractivity contribution < 1.29 is 27.5 Å². The van der Waals surface area contributed by atoms with Gasteiger partial charge in [0.25, 0.3) is 0 Å². The maximum Gasteiger partial charge on any atom is 0.244 e. The summed E-state index contributed by atoms with van der Waals surface area (Å²) in [6.07, 6.45) is 3.35. The van der Waals surface area contributed by atoms with E-state index in [0.717, 1.165) is 29.0 Å². The molecule has 10 heteroatoms. The number of anilines is 1. The molecular weight excluding hydrogens is 482 g/mol. The molecule has 0 fully saturated rings. The Morgan fingerprint density at radius 2 is 1.75 bits per heavy atom. The van der Waals surface area contributed by atoms with E-state index in [-0.39, 0.29) is 18.1 Å². The van der Waals surface area contributed by atoms with Gasteiger partial charge in [0.2, 0.25) is 21.8 Å². The molecule has 0 bridgehead atoms. The topological polar surface area (TPSA) is 105 Å². The van der Waals surface area contributed by atoms with Crippen LogP contribution >= 0.6 is 0 Å². The molecule has 0 radical (unpaired) electrons. The molecule has 2 aromatic carbocycles. The summed E-state index contributed by atoms with van der Waals surface area (Å²) in [5.74, 6) is 0.204. The van der Waals surface area contributed by atoms with E-state index in [1.165, 1.54) is 4.90 Å². The van der Waals surface area contributed by atoms with Crippen molar-refractivity contribution in [2.45, 2.75) is 39.2 Å². The van der Waals surface area contributed by atoms with E-state index in [9.17, 15) is 18.0 Å². The molecule has 3 rings (SSSR count). The fraction of sp³-hybridized carbons (Fsp3) is 0.462. The number of hydrogen-bond acceptors (Lipinski definition) is 6. The maximum atomic E-state index is 13.5. The van der Waals surface area contributed by atoms with Gasteiger partial charge in [0.1, 0.15) is 25.8 Å². The summed E-state index contributed by atoms with van der Waals surface area (Å²) in [6, 6.07) is 13.6. The lowest BCUT2D eigenvalue weighted by Gasteiger charge is -2.31. The molecule has 0 saturated heterocycles. The van der Waals surface area contributed by atoms with Crippen LogP contribution in [0.5, 0.6) is 11.5 Å². The van der Waals surface area contributed by atoms with Gasteiger partial charge in [0.05, 0.1) is 11.9 Å². The van der Waals surface area contributed by atoms with Gasteiger partial charge in [-0.25, -0.2) is 8.42 Å². The zero-order valence-corrected chi connectivity index (χ0v) is 21.9. The standard InChI is InChI=1S/C26H35N3O6S/c1-4-5-14-27-26(31)20(2)28(15-13-21-9-7-6-8-10-21)25(30)19-29(36(3,32)33)22-11-12-23-24(18-22)35-17-16-34-23/h6-12,18,20H,4-5,13-17,19H2,1-3H3,(H,27,31). The van der Waals surface area contributed by atoms with E-state index in [1.807, 2.05) is 37.3 Å². The smallest absolute Gasteiger partial charge is 0.244 e. The van der Waals surface area contributed by atoms with Crippen LogP contribution in [0.4, 0.5) is 5.69 Å². The van der Waals surface area contributed by atoms with Crippen molar-refractivity contribution in [3.05, 3.63) is 54.1 Å². The van der Waals surface area contributed by atoms with Crippen molar-refractivity contribution >= 4 is 27.5 Å². The van der Waals surface area contributed by atoms with E-state index in [2.05, 4.69) is 5.32 Å². The molecule has 0 saturated carbocycles. The molecule has 0 spiro atoms. The largest absolute Gasteiger partial charge is 0.486 e. The first kappa shape index (κ1) is 27.3. The van der Waals surface area contributed by atoms with Gasteiger partial charge >= 0.3 is 0 Å². The van der Waals surface area contributed by atoms with Crippen molar-refractivity contribution in [2.24, 2.45) is 0 Å². The van der Waals surface area contributed by atoms with Gasteiger partial charge in [-0.2, -0.15) is 0 Å². The van der Waals surface area contributed by atoms with Gasteiger partial charge in [-0.05, 0) is 37.5 Å². The lowest BCUT2D eigenvalue weighted by atomic mass is 10.1. The van der Waals surface area contributed by atoms with Crippen LogP contribution < -0.4 is 19.1 Å². The van der Waals surface area contributed by atoms with Crippen LogP contribution in [0, 0.1) is 0 Å². The Morgan fingerprint density at radius 3 is 2.42 bits per heavy atom. The highest BCUT2D eigenvalue weighted by Gasteiger charge is 2.30. The molecule has 1 N–H and O–H groups in total. The van der Waals surface area contributed by atoms with E-state index >= 15 is 0 Å². The van der Waals surface area contributed by atoms with Crippen LogP contribution in [0.15, 0.2) is 48.5 Å². The third-order valence-electron chi connectivity index (χ3n) is 5.97. The fourth-order valence-electron chi connectivity index (χ4n) is 3.91. The Kier molecular flexibility index (Phi) is 9.58. The second-order valence-corrected chi connectivity index (χ2v) is 10.6. The number of fused-ring (bicyclic) bond motifs is 1. The molecule has 1 heterocycles.